The van der Waals surface area contributed by atoms with E-state index >= 15 is 0 Å². The van der Waals surface area contributed by atoms with Gasteiger partial charge in [-0.2, -0.15) is 0 Å². The average Bonchev–Trinajstić information content (AvgIpc) is 2.72. The Hall–Kier alpha value is -0.0531. The average molecular weight is 560 g/mol. The van der Waals surface area contributed by atoms with Gasteiger partial charge in [-0.3, -0.25) is 9.59 Å². The minimum Gasteiger partial charge on any atom is -0.462 e. The van der Waals surface area contributed by atoms with E-state index in [1.807, 2.05) is 0 Å². The summed E-state index contributed by atoms with van der Waals surface area (Å²) in [4.78, 5) is 24.2. The molecule has 10 heteroatoms. The van der Waals surface area contributed by atoms with Crippen LogP contribution in [0.3, 0.4) is 0 Å². The predicted octanol–water partition coefficient (Wildman–Crippen LogP) is 6.61. The highest BCUT2D eigenvalue weighted by atomic mass is 79.9. The lowest BCUT2D eigenvalue weighted by Gasteiger charge is -2.22. The molecule has 0 N–H and O–H groups in total. The van der Waals surface area contributed by atoms with Crippen molar-refractivity contribution in [1.29, 1.82) is 0 Å². The summed E-state index contributed by atoms with van der Waals surface area (Å²) >= 11 is 3.34. The van der Waals surface area contributed by atoms with Crippen LogP contribution < -0.4 is 0 Å². The fourth-order valence-corrected chi connectivity index (χ4v) is 4.74. The van der Waals surface area contributed by atoms with Crippen molar-refractivity contribution in [3.8, 4) is 0 Å². The van der Waals surface area contributed by atoms with Gasteiger partial charge in [0.25, 0.3) is 0 Å². The van der Waals surface area contributed by atoms with Gasteiger partial charge in [0.05, 0.1) is 19.8 Å². The Balaban J connectivity index is 4.75. The van der Waals surface area contributed by atoms with Crippen molar-refractivity contribution in [1.82, 2.24) is 0 Å². The lowest BCUT2D eigenvalue weighted by molar-refractivity contribution is -0.161. The van der Waals surface area contributed by atoms with E-state index in [0.717, 1.165) is 44.6 Å². The van der Waals surface area contributed by atoms with Gasteiger partial charge in [-0.1, -0.05) is 75.1 Å². The molecule has 0 amide bonds. The molecular formula is C22H44BrO7PSi. The highest BCUT2D eigenvalue weighted by molar-refractivity contribution is 9.09. The van der Waals surface area contributed by atoms with Crippen molar-refractivity contribution in [3.05, 3.63) is 0 Å². The van der Waals surface area contributed by atoms with Gasteiger partial charge in [0.15, 0.2) is 6.10 Å². The smallest absolute Gasteiger partial charge is 0.332 e. The molecule has 0 radical (unpaired) electrons. The lowest BCUT2D eigenvalue weighted by Crippen LogP contribution is -2.29. The van der Waals surface area contributed by atoms with Crippen LogP contribution in [0.4, 0.5) is 0 Å². The summed E-state index contributed by atoms with van der Waals surface area (Å²) in [6.07, 6.45) is 5.62. The maximum atomic E-state index is 12.2. The van der Waals surface area contributed by atoms with Crippen LogP contribution in [0.1, 0.15) is 65.2 Å². The van der Waals surface area contributed by atoms with Crippen LogP contribution in [-0.4, -0.2) is 57.9 Å². The van der Waals surface area contributed by atoms with Crippen molar-refractivity contribution < 1.29 is 32.6 Å². The van der Waals surface area contributed by atoms with Crippen LogP contribution in [0.25, 0.3) is 0 Å². The Bertz CT molecular complexity index is 491. The van der Waals surface area contributed by atoms with Crippen LogP contribution in [0, 0.1) is 0 Å². The van der Waals surface area contributed by atoms with Gasteiger partial charge < -0.3 is 23.0 Å². The number of esters is 2. The Morgan fingerprint density at radius 1 is 0.844 bits per heavy atom. The quantitative estimate of drug-likeness (QED) is 0.0515. The van der Waals surface area contributed by atoms with Gasteiger partial charge in [0.2, 0.25) is 0 Å². The summed E-state index contributed by atoms with van der Waals surface area (Å²) in [5, 5.41) is 0.664. The number of hydrogen-bond acceptors (Lipinski definition) is 7. The summed E-state index contributed by atoms with van der Waals surface area (Å²) in [5.41, 5.74) is 0. The molecule has 0 aliphatic carbocycles. The predicted molar refractivity (Wildman–Crippen MR) is 136 cm³/mol. The standard InChI is InChI=1S/C22H44BrO7PSi/c1-6-8-10-12-21(24)26-18-20(30-22(25)13-11-9-7-2)19-29-31(27-15-14-23)28-16-17-32(3,4)5/h20H,6-19H2,1-5H3/t20-,31?/m1/s1. The number of halogens is 1. The van der Waals surface area contributed by atoms with Gasteiger partial charge in [-0.25, -0.2) is 0 Å². The number of rotatable bonds is 21. The van der Waals surface area contributed by atoms with Crippen molar-refractivity contribution in [2.75, 3.05) is 31.8 Å². The summed E-state index contributed by atoms with van der Waals surface area (Å²) < 4.78 is 28.2. The van der Waals surface area contributed by atoms with Crippen LogP contribution in [0.2, 0.25) is 25.7 Å². The molecule has 0 fully saturated rings. The monoisotopic (exact) mass is 558 g/mol. The van der Waals surface area contributed by atoms with Crippen molar-refractivity contribution in [2.24, 2.45) is 0 Å². The van der Waals surface area contributed by atoms with Gasteiger partial charge in [0, 0.05) is 26.2 Å². The number of alkyl halides is 1. The number of carbonyl (C=O) groups is 2. The molecule has 2 atom stereocenters. The third-order valence-corrected chi connectivity index (χ3v) is 7.56. The summed E-state index contributed by atoms with van der Waals surface area (Å²) in [5.74, 6) is -0.589. The highest BCUT2D eigenvalue weighted by Crippen LogP contribution is 2.40. The number of unbranched alkanes of at least 4 members (excludes halogenated alkanes) is 4. The van der Waals surface area contributed by atoms with Crippen molar-refractivity contribution in [2.45, 2.75) is 97.0 Å². The second-order valence-electron chi connectivity index (χ2n) is 8.89. The van der Waals surface area contributed by atoms with Crippen LogP contribution >= 0.6 is 24.5 Å². The zero-order valence-electron chi connectivity index (χ0n) is 20.7. The minimum absolute atomic E-state index is 0.0268. The molecule has 0 aliphatic rings. The van der Waals surface area contributed by atoms with E-state index in [1.165, 1.54) is 0 Å². The van der Waals surface area contributed by atoms with Gasteiger partial charge >= 0.3 is 20.5 Å². The molecular weight excluding hydrogens is 515 g/mol. The first-order chi connectivity index (χ1) is 15.2. The van der Waals surface area contributed by atoms with Crippen LogP contribution in [-0.2, 0) is 32.6 Å². The first-order valence-corrected chi connectivity index (χ1v) is 17.7. The number of carbonyl (C=O) groups excluding carboxylic acids is 2. The molecule has 0 bridgehead atoms. The van der Waals surface area contributed by atoms with E-state index in [4.69, 9.17) is 23.0 Å². The molecule has 190 valence electrons. The second-order valence-corrected chi connectivity index (χ2v) is 16.5. The molecule has 0 rings (SSSR count). The maximum absolute atomic E-state index is 12.2. The topological polar surface area (TPSA) is 80.3 Å². The van der Waals surface area contributed by atoms with E-state index < -0.39 is 22.8 Å². The van der Waals surface area contributed by atoms with Gasteiger partial charge in [-0.05, 0) is 18.9 Å². The molecule has 1 unspecified atom stereocenters. The summed E-state index contributed by atoms with van der Waals surface area (Å²) in [6.45, 7) is 12.1. The van der Waals surface area contributed by atoms with E-state index in [9.17, 15) is 9.59 Å². The molecule has 32 heavy (non-hydrogen) atoms. The second kappa shape index (κ2) is 20.3. The molecule has 0 aliphatic heterocycles. The molecule has 0 saturated heterocycles. The summed E-state index contributed by atoms with van der Waals surface area (Å²) in [6, 6.07) is 0.998. The highest BCUT2D eigenvalue weighted by Gasteiger charge is 2.22. The Morgan fingerprint density at radius 2 is 1.44 bits per heavy atom. The maximum Gasteiger partial charge on any atom is 0.332 e. The third-order valence-electron chi connectivity index (χ3n) is 4.39. The van der Waals surface area contributed by atoms with E-state index in [0.29, 0.717) is 31.4 Å². The third kappa shape index (κ3) is 20.5. The van der Waals surface area contributed by atoms with Crippen LogP contribution in [0.15, 0.2) is 0 Å². The normalized spacial score (nSPS) is 13.6. The first kappa shape index (κ1) is 31.9. The van der Waals surface area contributed by atoms with Crippen molar-refractivity contribution in [3.63, 3.8) is 0 Å². The summed E-state index contributed by atoms with van der Waals surface area (Å²) in [7, 11) is -2.81. The van der Waals surface area contributed by atoms with Crippen molar-refractivity contribution >= 4 is 44.5 Å². The molecule has 0 saturated carbocycles. The van der Waals surface area contributed by atoms with Gasteiger partial charge in [-0.15, -0.1) is 0 Å². The van der Waals surface area contributed by atoms with E-state index in [-0.39, 0.29) is 25.2 Å². The Kier molecular flexibility index (Phi) is 20.3. The molecule has 0 spiro atoms. The largest absolute Gasteiger partial charge is 0.462 e. The lowest BCUT2D eigenvalue weighted by atomic mass is 10.2. The van der Waals surface area contributed by atoms with E-state index in [1.54, 1.807) is 0 Å². The molecule has 7 nitrogen and oxygen atoms in total. The Morgan fingerprint density at radius 3 is 2.00 bits per heavy atom. The number of hydrogen-bond donors (Lipinski definition) is 0. The zero-order valence-corrected chi connectivity index (χ0v) is 24.1. The Labute approximate surface area is 205 Å². The molecule has 0 heterocycles. The number of ether oxygens (including phenoxy) is 2. The molecule has 0 aromatic heterocycles. The van der Waals surface area contributed by atoms with Gasteiger partial charge in [0.1, 0.15) is 6.61 Å². The fraction of sp³-hybridized carbons (Fsp3) is 0.909. The molecule has 0 aromatic rings. The zero-order chi connectivity index (χ0) is 24.2. The van der Waals surface area contributed by atoms with E-state index in [2.05, 4.69) is 49.4 Å². The fourth-order valence-electron chi connectivity index (χ4n) is 2.45. The first-order valence-electron chi connectivity index (χ1n) is 11.8. The van der Waals surface area contributed by atoms with Crippen LogP contribution in [0.5, 0.6) is 0 Å². The molecule has 0 aromatic carbocycles. The SMILES string of the molecule is CCCCCC(=O)OC[C@H](COP(OCCBr)OCC[Si](C)(C)C)OC(=O)CCCCC. The minimum atomic E-state index is -1.57.